The van der Waals surface area contributed by atoms with Crippen LogP contribution in [0.15, 0.2) is 0 Å². The molecule has 0 spiro atoms. The van der Waals surface area contributed by atoms with Gasteiger partial charge in [-0.2, -0.15) is 0 Å². The second-order valence-electron chi connectivity index (χ2n) is 6.54. The van der Waals surface area contributed by atoms with Gasteiger partial charge < -0.3 is 0 Å². The first-order chi connectivity index (χ1) is 6.77. The molecule has 0 aliphatic heterocycles. The summed E-state index contributed by atoms with van der Waals surface area (Å²) in [5, 5.41) is 0. The van der Waals surface area contributed by atoms with E-state index in [-0.39, 0.29) is 0 Å². The summed E-state index contributed by atoms with van der Waals surface area (Å²) in [6.45, 7) is 19.7. The largest absolute Gasteiger partial charge is 0.0657 e. The molecule has 0 atom stereocenters. The van der Waals surface area contributed by atoms with Crippen molar-refractivity contribution < 1.29 is 0 Å². The molecule has 92 valence electrons. The number of hydrogen-bond acceptors (Lipinski definition) is 0. The van der Waals surface area contributed by atoms with Gasteiger partial charge >= 0.3 is 0 Å². The lowest BCUT2D eigenvalue weighted by Crippen LogP contribution is -2.32. The number of hydrogen-bond donors (Lipinski definition) is 0. The quantitative estimate of drug-likeness (QED) is 0.598. The Morgan fingerprint density at radius 1 is 0.533 bits per heavy atom. The molecule has 0 radical (unpaired) electrons. The van der Waals surface area contributed by atoms with Gasteiger partial charge in [0, 0.05) is 17.6 Å². The van der Waals surface area contributed by atoms with Crippen LogP contribution in [-0.2, 0) is 0 Å². The van der Waals surface area contributed by atoms with Crippen molar-refractivity contribution in [2.45, 2.75) is 83.2 Å². The van der Waals surface area contributed by atoms with Crippen LogP contribution in [0.1, 0.15) is 55.4 Å². The van der Waals surface area contributed by atoms with Crippen molar-refractivity contribution in [1.82, 2.24) is 0 Å². The molecule has 2 heteroatoms. The molecule has 0 saturated heterocycles. The molecule has 0 amide bonds. The van der Waals surface area contributed by atoms with Gasteiger partial charge in [0.25, 0.3) is 0 Å². The zero-order valence-corrected chi connectivity index (χ0v) is 14.5. The molecule has 15 heavy (non-hydrogen) atoms. The Labute approximate surface area is 101 Å². The van der Waals surface area contributed by atoms with Crippen molar-refractivity contribution in [1.29, 1.82) is 0 Å². The maximum atomic E-state index is 2.46. The Bertz CT molecular complexity index is 128. The molecule has 0 nitrogen and oxygen atoms in total. The first kappa shape index (κ1) is 15.4. The van der Waals surface area contributed by atoms with Crippen LogP contribution in [0.25, 0.3) is 0 Å². The predicted molar refractivity (Wildman–Crippen MR) is 79.5 cm³/mol. The molecule has 0 fully saturated rings. The Balaban J connectivity index is 4.48. The molecule has 0 aromatic carbocycles. The van der Waals surface area contributed by atoms with Gasteiger partial charge in [0.2, 0.25) is 0 Å². The second-order valence-corrected chi connectivity index (χ2v) is 16.4. The van der Waals surface area contributed by atoms with Crippen LogP contribution in [0, 0.1) is 0 Å². The van der Waals surface area contributed by atoms with E-state index >= 15 is 0 Å². The predicted octanol–water partition coefficient (Wildman–Crippen LogP) is 4.62. The van der Waals surface area contributed by atoms with Crippen molar-refractivity contribution in [3.8, 4) is 0 Å². The molecule has 0 aromatic heterocycles. The topological polar surface area (TPSA) is 0 Å². The highest BCUT2D eigenvalue weighted by Crippen LogP contribution is 2.31. The van der Waals surface area contributed by atoms with Gasteiger partial charge in [0.1, 0.15) is 0 Å². The highest BCUT2D eigenvalue weighted by atomic mass is 28.3. The van der Waals surface area contributed by atoms with Crippen LogP contribution in [0.2, 0.25) is 27.8 Å². The maximum Gasteiger partial charge on any atom is 0.0390 e. The van der Waals surface area contributed by atoms with Crippen LogP contribution in [0.5, 0.6) is 0 Å². The fourth-order valence-corrected chi connectivity index (χ4v) is 17.2. The van der Waals surface area contributed by atoms with Crippen molar-refractivity contribution in [3.05, 3.63) is 0 Å². The van der Waals surface area contributed by atoms with Crippen molar-refractivity contribution in [2.24, 2.45) is 0 Å². The molecular weight excluding hydrogens is 212 g/mol. The lowest BCUT2D eigenvalue weighted by molar-refractivity contribution is 0.906. The average molecular weight is 245 g/mol. The van der Waals surface area contributed by atoms with E-state index in [0.717, 1.165) is 22.2 Å². The van der Waals surface area contributed by atoms with E-state index in [1.165, 1.54) is 0 Å². The Hall–Kier alpha value is 0.434. The fourth-order valence-electron chi connectivity index (χ4n) is 2.94. The third-order valence-corrected chi connectivity index (χ3v) is 15.2. The monoisotopic (exact) mass is 244 g/mol. The maximum absolute atomic E-state index is 2.46. The molecule has 0 N–H and O–H groups in total. The molecule has 0 rings (SSSR count). The minimum absolute atomic E-state index is 0.489. The summed E-state index contributed by atoms with van der Waals surface area (Å²) in [5.41, 5.74) is 5.68. The summed E-state index contributed by atoms with van der Waals surface area (Å²) in [7, 11) is -0.978. The van der Waals surface area contributed by atoms with Crippen LogP contribution in [0.3, 0.4) is 0 Å². The van der Waals surface area contributed by atoms with Crippen LogP contribution >= 0.6 is 0 Å². The summed E-state index contributed by atoms with van der Waals surface area (Å²) in [4.78, 5) is 0. The summed E-state index contributed by atoms with van der Waals surface area (Å²) in [6, 6.07) is 0. The van der Waals surface area contributed by atoms with E-state index < -0.39 is 17.6 Å². The molecule has 0 unspecified atom stereocenters. The third-order valence-electron chi connectivity index (χ3n) is 3.97. The van der Waals surface area contributed by atoms with E-state index in [1.54, 1.807) is 5.67 Å². The van der Waals surface area contributed by atoms with E-state index in [9.17, 15) is 0 Å². The standard InChI is InChI=1S/C13H32Si2/c1-10(2)14(11(3)4)9-15(12(5)6)13(7)8/h10-15H,9H2,1-8H3. The van der Waals surface area contributed by atoms with Crippen LogP contribution < -0.4 is 0 Å². The van der Waals surface area contributed by atoms with Crippen LogP contribution in [-0.4, -0.2) is 17.6 Å². The molecule has 0 aliphatic carbocycles. The van der Waals surface area contributed by atoms with Gasteiger partial charge in [-0.25, -0.2) is 0 Å². The Morgan fingerprint density at radius 3 is 0.867 bits per heavy atom. The molecule has 0 aliphatic rings. The molecule has 0 aromatic rings. The van der Waals surface area contributed by atoms with E-state index in [4.69, 9.17) is 0 Å². The SMILES string of the molecule is CC(C)[SiH](C[SiH](C(C)C)C(C)C)C(C)C. The summed E-state index contributed by atoms with van der Waals surface area (Å²) in [5.74, 6) is 0. The average Bonchev–Trinajstić information content (AvgIpc) is 2.01. The minimum atomic E-state index is -0.489. The van der Waals surface area contributed by atoms with E-state index in [0.29, 0.717) is 0 Å². The molecule has 0 saturated carbocycles. The van der Waals surface area contributed by atoms with Crippen LogP contribution in [0.4, 0.5) is 0 Å². The first-order valence-electron chi connectivity index (χ1n) is 6.77. The number of rotatable bonds is 6. The van der Waals surface area contributed by atoms with Crippen molar-refractivity contribution in [2.75, 3.05) is 0 Å². The van der Waals surface area contributed by atoms with Gasteiger partial charge in [-0.05, 0) is 0 Å². The van der Waals surface area contributed by atoms with Gasteiger partial charge in [-0.3, -0.25) is 0 Å². The lowest BCUT2D eigenvalue weighted by atomic mass is 10.5. The van der Waals surface area contributed by atoms with E-state index in [1.807, 2.05) is 0 Å². The van der Waals surface area contributed by atoms with Gasteiger partial charge in [0.05, 0.1) is 0 Å². The lowest BCUT2D eigenvalue weighted by Gasteiger charge is -2.31. The van der Waals surface area contributed by atoms with Crippen molar-refractivity contribution >= 4 is 17.6 Å². The smallest absolute Gasteiger partial charge is 0.0390 e. The minimum Gasteiger partial charge on any atom is -0.0657 e. The van der Waals surface area contributed by atoms with Crippen molar-refractivity contribution in [3.63, 3.8) is 0 Å². The summed E-state index contributed by atoms with van der Waals surface area (Å²) < 4.78 is 0. The zero-order chi connectivity index (χ0) is 12.2. The molecule has 0 heterocycles. The van der Waals surface area contributed by atoms with Gasteiger partial charge in [-0.1, -0.05) is 83.2 Å². The van der Waals surface area contributed by atoms with Gasteiger partial charge in [0.15, 0.2) is 0 Å². The zero-order valence-electron chi connectivity index (χ0n) is 12.2. The molecule has 0 bridgehead atoms. The highest BCUT2D eigenvalue weighted by Gasteiger charge is 2.27. The fraction of sp³-hybridized carbons (Fsp3) is 1.00. The normalized spacial score (nSPS) is 13.2. The Kier molecular flexibility index (Phi) is 7.10. The summed E-state index contributed by atoms with van der Waals surface area (Å²) >= 11 is 0. The van der Waals surface area contributed by atoms with Gasteiger partial charge in [-0.15, -0.1) is 0 Å². The third kappa shape index (κ3) is 5.34. The molecular formula is C13H32Si2. The summed E-state index contributed by atoms with van der Waals surface area (Å²) in [6.07, 6.45) is 0. The highest BCUT2D eigenvalue weighted by molar-refractivity contribution is 6.80. The van der Waals surface area contributed by atoms with E-state index in [2.05, 4.69) is 55.4 Å². The second kappa shape index (κ2) is 6.90. The Morgan fingerprint density at radius 2 is 0.733 bits per heavy atom. The first-order valence-corrected chi connectivity index (χ1v) is 11.1.